The van der Waals surface area contributed by atoms with Crippen LogP contribution in [0.4, 0.5) is 0 Å². The van der Waals surface area contributed by atoms with Crippen LogP contribution in [0, 0.1) is 5.92 Å². The predicted molar refractivity (Wildman–Crippen MR) is 42.3 cm³/mol. The van der Waals surface area contributed by atoms with Crippen molar-refractivity contribution < 1.29 is 20.1 Å². The molecule has 0 bridgehead atoms. The number of rotatable bonds is 1. The summed E-state index contributed by atoms with van der Waals surface area (Å²) in [5.74, 6) is -1.97. The van der Waals surface area contributed by atoms with E-state index >= 15 is 0 Å². The smallest absolute Gasteiger partial charge is 0.191 e. The molecular weight excluding hydrogens is 160 g/mol. The first kappa shape index (κ1) is 9.67. The van der Waals surface area contributed by atoms with Crippen molar-refractivity contribution in [3.63, 3.8) is 0 Å². The fourth-order valence-electron chi connectivity index (χ4n) is 1.21. The van der Waals surface area contributed by atoms with Gasteiger partial charge >= 0.3 is 0 Å². The maximum Gasteiger partial charge on any atom is 0.191 e. The molecule has 1 saturated heterocycles. The van der Waals surface area contributed by atoms with E-state index in [1.807, 2.05) is 0 Å². The van der Waals surface area contributed by atoms with Crippen molar-refractivity contribution in [2.24, 2.45) is 5.92 Å². The summed E-state index contributed by atoms with van der Waals surface area (Å²) >= 11 is 0. The molecule has 3 N–H and O–H groups in total. The third-order valence-electron chi connectivity index (χ3n) is 2.18. The van der Waals surface area contributed by atoms with Crippen LogP contribution in [-0.2, 0) is 4.74 Å². The first-order valence-electron chi connectivity index (χ1n) is 3.84. The highest BCUT2D eigenvalue weighted by atomic mass is 16.6. The lowest BCUT2D eigenvalue weighted by atomic mass is 9.91. The normalized spacial score (nSPS) is 48.8. The molecule has 12 heavy (non-hydrogen) atoms. The van der Waals surface area contributed by atoms with Crippen LogP contribution in [0.25, 0.3) is 0 Å². The zero-order chi connectivity index (χ0) is 9.35. The maximum absolute atomic E-state index is 9.41. The lowest BCUT2D eigenvalue weighted by Crippen LogP contribution is -2.56. The molecule has 0 radical (unpaired) electrons. The summed E-state index contributed by atoms with van der Waals surface area (Å²) in [5.41, 5.74) is 0. The SMILES string of the molecule is C=C[C@@H]1CO[C@@](C)(O)[C@H](O)[C@H]1O. The van der Waals surface area contributed by atoms with E-state index in [1.54, 1.807) is 0 Å². The lowest BCUT2D eigenvalue weighted by Gasteiger charge is -2.40. The second-order valence-electron chi connectivity index (χ2n) is 3.20. The minimum atomic E-state index is -1.65. The third kappa shape index (κ3) is 1.51. The molecule has 4 atom stereocenters. The molecule has 0 aromatic rings. The Morgan fingerprint density at radius 1 is 1.58 bits per heavy atom. The molecule has 0 aliphatic carbocycles. The van der Waals surface area contributed by atoms with Gasteiger partial charge in [-0.3, -0.25) is 0 Å². The Morgan fingerprint density at radius 3 is 2.67 bits per heavy atom. The summed E-state index contributed by atoms with van der Waals surface area (Å²) in [6.45, 7) is 4.98. The molecule has 0 aromatic heterocycles. The van der Waals surface area contributed by atoms with E-state index in [9.17, 15) is 15.3 Å². The number of aliphatic hydroxyl groups is 3. The highest BCUT2D eigenvalue weighted by Gasteiger charge is 2.44. The van der Waals surface area contributed by atoms with Gasteiger partial charge in [-0.15, -0.1) is 6.58 Å². The van der Waals surface area contributed by atoms with Crippen LogP contribution in [0.3, 0.4) is 0 Å². The molecule has 0 amide bonds. The molecule has 4 nitrogen and oxygen atoms in total. The van der Waals surface area contributed by atoms with Gasteiger partial charge in [-0.05, 0) is 6.92 Å². The Kier molecular flexibility index (Phi) is 2.53. The van der Waals surface area contributed by atoms with E-state index in [-0.39, 0.29) is 12.5 Å². The van der Waals surface area contributed by atoms with Crippen molar-refractivity contribution in [3.05, 3.63) is 12.7 Å². The topological polar surface area (TPSA) is 69.9 Å². The molecule has 0 unspecified atom stereocenters. The maximum atomic E-state index is 9.41. The van der Waals surface area contributed by atoms with Crippen molar-refractivity contribution in [2.75, 3.05) is 6.61 Å². The van der Waals surface area contributed by atoms with Gasteiger partial charge in [-0.25, -0.2) is 0 Å². The second kappa shape index (κ2) is 3.14. The first-order valence-corrected chi connectivity index (χ1v) is 3.84. The average molecular weight is 174 g/mol. The molecule has 0 spiro atoms. The summed E-state index contributed by atoms with van der Waals surface area (Å²) in [6.07, 6.45) is -0.788. The lowest BCUT2D eigenvalue weighted by molar-refractivity contribution is -0.299. The number of aliphatic hydroxyl groups excluding tert-OH is 2. The fraction of sp³-hybridized carbons (Fsp3) is 0.750. The van der Waals surface area contributed by atoms with Crippen molar-refractivity contribution in [3.8, 4) is 0 Å². The summed E-state index contributed by atoms with van der Waals surface area (Å²) in [5, 5.41) is 28.1. The Hall–Kier alpha value is -0.420. The summed E-state index contributed by atoms with van der Waals surface area (Å²) in [6, 6.07) is 0. The second-order valence-corrected chi connectivity index (χ2v) is 3.20. The minimum Gasteiger partial charge on any atom is -0.389 e. The zero-order valence-corrected chi connectivity index (χ0v) is 6.97. The molecule has 1 fully saturated rings. The van der Waals surface area contributed by atoms with Crippen LogP contribution >= 0.6 is 0 Å². The molecule has 70 valence electrons. The zero-order valence-electron chi connectivity index (χ0n) is 6.97. The molecule has 4 heteroatoms. The molecule has 1 rings (SSSR count). The van der Waals surface area contributed by atoms with Crippen LogP contribution in [0.15, 0.2) is 12.7 Å². The molecule has 1 aliphatic rings. The van der Waals surface area contributed by atoms with Gasteiger partial charge in [0.25, 0.3) is 0 Å². The molecular formula is C8H14O4. The van der Waals surface area contributed by atoms with Gasteiger partial charge in [0.15, 0.2) is 5.79 Å². The van der Waals surface area contributed by atoms with Crippen molar-refractivity contribution in [2.45, 2.75) is 24.9 Å². The quantitative estimate of drug-likeness (QED) is 0.457. The number of hydrogen-bond donors (Lipinski definition) is 3. The number of ether oxygens (including phenoxy) is 1. The summed E-state index contributed by atoms with van der Waals surface area (Å²) in [7, 11) is 0. The Morgan fingerprint density at radius 2 is 2.17 bits per heavy atom. The standard InChI is InChI=1S/C8H14O4/c1-3-5-4-12-8(2,11)7(10)6(5)9/h3,5-7,9-11H,1,4H2,2H3/t5-,6+,7-,8-/m1/s1. The Bertz CT molecular complexity index is 178. The van der Waals surface area contributed by atoms with Crippen LogP contribution in [0.5, 0.6) is 0 Å². The van der Waals surface area contributed by atoms with E-state index in [0.29, 0.717) is 0 Å². The highest BCUT2D eigenvalue weighted by Crippen LogP contribution is 2.26. The summed E-state index contributed by atoms with van der Waals surface area (Å²) < 4.78 is 4.93. The predicted octanol–water partition coefficient (Wildman–Crippen LogP) is -0.751. The van der Waals surface area contributed by atoms with E-state index in [2.05, 4.69) is 6.58 Å². The van der Waals surface area contributed by atoms with Gasteiger partial charge in [0.2, 0.25) is 0 Å². The van der Waals surface area contributed by atoms with Gasteiger partial charge in [0.1, 0.15) is 6.10 Å². The minimum absolute atomic E-state index is 0.175. The molecule has 0 aromatic carbocycles. The van der Waals surface area contributed by atoms with E-state index in [1.165, 1.54) is 13.0 Å². The van der Waals surface area contributed by atoms with Gasteiger partial charge in [0, 0.05) is 5.92 Å². The molecule has 1 heterocycles. The van der Waals surface area contributed by atoms with Gasteiger partial charge in [0.05, 0.1) is 12.7 Å². The van der Waals surface area contributed by atoms with Gasteiger partial charge in [-0.2, -0.15) is 0 Å². The summed E-state index contributed by atoms with van der Waals surface area (Å²) in [4.78, 5) is 0. The Labute approximate surface area is 71.1 Å². The largest absolute Gasteiger partial charge is 0.389 e. The third-order valence-corrected chi connectivity index (χ3v) is 2.18. The first-order chi connectivity index (χ1) is 5.49. The monoisotopic (exact) mass is 174 g/mol. The van der Waals surface area contributed by atoms with Gasteiger partial charge in [-0.1, -0.05) is 6.08 Å². The van der Waals surface area contributed by atoms with Crippen LogP contribution in [0.1, 0.15) is 6.92 Å². The Balaban J connectivity index is 2.72. The van der Waals surface area contributed by atoms with Crippen molar-refractivity contribution >= 4 is 0 Å². The van der Waals surface area contributed by atoms with Gasteiger partial charge < -0.3 is 20.1 Å². The average Bonchev–Trinajstić information content (AvgIpc) is 2.01. The van der Waals surface area contributed by atoms with E-state index < -0.39 is 18.0 Å². The van der Waals surface area contributed by atoms with Crippen LogP contribution in [-0.4, -0.2) is 39.9 Å². The van der Waals surface area contributed by atoms with E-state index in [0.717, 1.165) is 0 Å². The molecule has 1 aliphatic heterocycles. The fourth-order valence-corrected chi connectivity index (χ4v) is 1.21. The van der Waals surface area contributed by atoms with Crippen LogP contribution in [0.2, 0.25) is 0 Å². The molecule has 0 saturated carbocycles. The van der Waals surface area contributed by atoms with Crippen LogP contribution < -0.4 is 0 Å². The van der Waals surface area contributed by atoms with Crippen molar-refractivity contribution in [1.82, 2.24) is 0 Å². The number of hydrogen-bond acceptors (Lipinski definition) is 4. The van der Waals surface area contributed by atoms with E-state index in [4.69, 9.17) is 4.74 Å². The highest BCUT2D eigenvalue weighted by molar-refractivity contribution is 4.95. The van der Waals surface area contributed by atoms with Crippen molar-refractivity contribution in [1.29, 1.82) is 0 Å².